The average molecular weight is 272 g/mol. The van der Waals surface area contributed by atoms with Crippen LogP contribution in [0.2, 0.25) is 0 Å². The van der Waals surface area contributed by atoms with Crippen molar-refractivity contribution in [2.45, 2.75) is 38.6 Å². The van der Waals surface area contributed by atoms with Gasteiger partial charge in [0.05, 0.1) is 5.69 Å². The number of aromatic nitrogens is 2. The molecule has 0 saturated heterocycles. The molecule has 100 valence electrons. The van der Waals surface area contributed by atoms with Gasteiger partial charge in [-0.15, -0.1) is 0 Å². The summed E-state index contributed by atoms with van der Waals surface area (Å²) < 4.78 is 3.15. The Labute approximate surface area is 119 Å². The van der Waals surface area contributed by atoms with Crippen molar-refractivity contribution in [1.82, 2.24) is 9.55 Å². The minimum absolute atomic E-state index is 0.483. The molecule has 0 amide bonds. The predicted octanol–water partition coefficient (Wildman–Crippen LogP) is 4.96. The van der Waals surface area contributed by atoms with Crippen LogP contribution in [0.25, 0.3) is 11.3 Å². The summed E-state index contributed by atoms with van der Waals surface area (Å²) in [5.41, 5.74) is 2.45. The van der Waals surface area contributed by atoms with Crippen LogP contribution in [0.1, 0.15) is 38.6 Å². The van der Waals surface area contributed by atoms with Gasteiger partial charge < -0.3 is 9.55 Å². The van der Waals surface area contributed by atoms with Crippen LogP contribution in [0.4, 0.5) is 0 Å². The second-order valence-electron chi connectivity index (χ2n) is 5.50. The molecule has 0 spiro atoms. The SMILES string of the molecule is CC(C1CCCC1)n1c(-c2ccccc2)c[nH]c1=S. The highest BCUT2D eigenvalue weighted by Gasteiger charge is 2.24. The molecule has 0 aliphatic heterocycles. The molecule has 1 aliphatic carbocycles. The standard InChI is InChI=1S/C16H20N2S/c1-12(13-7-5-6-8-13)18-15(11-17-16(18)19)14-9-3-2-4-10-14/h2-4,9-13H,5-8H2,1H3,(H,17,19). The second kappa shape index (κ2) is 5.33. The number of rotatable bonds is 3. The molecule has 3 heteroatoms. The van der Waals surface area contributed by atoms with Crippen molar-refractivity contribution < 1.29 is 0 Å². The predicted molar refractivity (Wildman–Crippen MR) is 81.7 cm³/mol. The Kier molecular flexibility index (Phi) is 3.56. The minimum atomic E-state index is 0.483. The first-order valence-electron chi connectivity index (χ1n) is 7.12. The summed E-state index contributed by atoms with van der Waals surface area (Å²) >= 11 is 5.49. The molecule has 1 aromatic heterocycles. The van der Waals surface area contributed by atoms with E-state index in [-0.39, 0.29) is 0 Å². The summed E-state index contributed by atoms with van der Waals surface area (Å²) in [6.07, 6.45) is 7.45. The fourth-order valence-corrected chi connectivity index (χ4v) is 3.59. The minimum Gasteiger partial charge on any atom is -0.337 e. The van der Waals surface area contributed by atoms with Gasteiger partial charge >= 0.3 is 0 Å². The van der Waals surface area contributed by atoms with Crippen LogP contribution >= 0.6 is 12.2 Å². The maximum Gasteiger partial charge on any atom is 0.177 e. The summed E-state index contributed by atoms with van der Waals surface area (Å²) in [6, 6.07) is 11.0. The average Bonchev–Trinajstić information content (AvgIpc) is 3.08. The molecular weight excluding hydrogens is 252 g/mol. The topological polar surface area (TPSA) is 20.7 Å². The third-order valence-corrected chi connectivity index (χ3v) is 4.68. The fourth-order valence-electron chi connectivity index (χ4n) is 3.26. The maximum atomic E-state index is 5.49. The molecule has 3 rings (SSSR count). The van der Waals surface area contributed by atoms with Crippen molar-refractivity contribution in [3.05, 3.63) is 41.3 Å². The first-order valence-corrected chi connectivity index (χ1v) is 7.53. The Balaban J connectivity index is 2.01. The molecule has 1 unspecified atom stereocenters. The van der Waals surface area contributed by atoms with Crippen molar-refractivity contribution >= 4 is 12.2 Å². The summed E-state index contributed by atoms with van der Waals surface area (Å²) in [5.74, 6) is 0.768. The van der Waals surface area contributed by atoms with Gasteiger partial charge in [-0.05, 0) is 43.5 Å². The molecule has 2 nitrogen and oxygen atoms in total. The van der Waals surface area contributed by atoms with E-state index in [1.165, 1.54) is 36.9 Å². The fraction of sp³-hybridized carbons (Fsp3) is 0.438. The van der Waals surface area contributed by atoms with Crippen molar-refractivity contribution in [3.63, 3.8) is 0 Å². The number of hydrogen-bond donors (Lipinski definition) is 1. The molecule has 1 heterocycles. The van der Waals surface area contributed by atoms with E-state index in [1.807, 2.05) is 6.20 Å². The van der Waals surface area contributed by atoms with E-state index in [4.69, 9.17) is 12.2 Å². The molecular formula is C16H20N2S. The van der Waals surface area contributed by atoms with Gasteiger partial charge in [-0.3, -0.25) is 0 Å². The lowest BCUT2D eigenvalue weighted by Gasteiger charge is -2.22. The van der Waals surface area contributed by atoms with Gasteiger partial charge in [0.15, 0.2) is 4.77 Å². The van der Waals surface area contributed by atoms with Crippen LogP contribution in [-0.4, -0.2) is 9.55 Å². The van der Waals surface area contributed by atoms with Crippen molar-refractivity contribution in [2.75, 3.05) is 0 Å². The number of benzene rings is 1. The highest BCUT2D eigenvalue weighted by Crippen LogP contribution is 2.36. The van der Waals surface area contributed by atoms with Crippen LogP contribution in [0.5, 0.6) is 0 Å². The summed E-state index contributed by atoms with van der Waals surface area (Å²) in [7, 11) is 0. The van der Waals surface area contributed by atoms with E-state index in [9.17, 15) is 0 Å². The van der Waals surface area contributed by atoms with Crippen molar-refractivity contribution in [2.24, 2.45) is 5.92 Å². The van der Waals surface area contributed by atoms with Gasteiger partial charge in [-0.1, -0.05) is 43.2 Å². The van der Waals surface area contributed by atoms with Crippen molar-refractivity contribution in [1.29, 1.82) is 0 Å². The normalized spacial score (nSPS) is 17.7. The van der Waals surface area contributed by atoms with Gasteiger partial charge in [0.25, 0.3) is 0 Å². The number of H-pyrrole nitrogens is 1. The van der Waals surface area contributed by atoms with Crippen LogP contribution in [0.3, 0.4) is 0 Å². The number of nitrogens with zero attached hydrogens (tertiary/aromatic N) is 1. The van der Waals surface area contributed by atoms with E-state index in [0.29, 0.717) is 6.04 Å². The molecule has 1 N–H and O–H groups in total. The van der Waals surface area contributed by atoms with Gasteiger partial charge in [0, 0.05) is 12.2 Å². The van der Waals surface area contributed by atoms with E-state index in [0.717, 1.165) is 10.7 Å². The lowest BCUT2D eigenvalue weighted by molar-refractivity contribution is 0.360. The van der Waals surface area contributed by atoms with E-state index in [1.54, 1.807) is 0 Å². The molecule has 0 bridgehead atoms. The Morgan fingerprint density at radius 1 is 1.21 bits per heavy atom. The van der Waals surface area contributed by atoms with E-state index >= 15 is 0 Å². The summed E-state index contributed by atoms with van der Waals surface area (Å²) in [5, 5.41) is 0. The molecule has 19 heavy (non-hydrogen) atoms. The molecule has 1 saturated carbocycles. The van der Waals surface area contributed by atoms with Crippen LogP contribution in [0.15, 0.2) is 36.5 Å². The molecule has 1 fully saturated rings. The third kappa shape index (κ3) is 2.39. The lowest BCUT2D eigenvalue weighted by Crippen LogP contribution is -2.15. The second-order valence-corrected chi connectivity index (χ2v) is 5.89. The Morgan fingerprint density at radius 2 is 1.89 bits per heavy atom. The molecule has 2 aromatic rings. The molecule has 1 atom stereocenters. The van der Waals surface area contributed by atoms with Gasteiger partial charge in [-0.2, -0.15) is 0 Å². The Bertz CT molecular complexity index is 591. The molecule has 0 radical (unpaired) electrons. The lowest BCUT2D eigenvalue weighted by atomic mass is 9.99. The number of imidazole rings is 1. The number of nitrogens with one attached hydrogen (secondary N) is 1. The monoisotopic (exact) mass is 272 g/mol. The highest BCUT2D eigenvalue weighted by atomic mass is 32.1. The summed E-state index contributed by atoms with van der Waals surface area (Å²) in [6.45, 7) is 2.31. The van der Waals surface area contributed by atoms with E-state index in [2.05, 4.69) is 46.8 Å². The van der Waals surface area contributed by atoms with E-state index < -0.39 is 0 Å². The van der Waals surface area contributed by atoms with Crippen LogP contribution in [-0.2, 0) is 0 Å². The quantitative estimate of drug-likeness (QED) is 0.783. The smallest absolute Gasteiger partial charge is 0.177 e. The van der Waals surface area contributed by atoms with Gasteiger partial charge in [0.2, 0.25) is 0 Å². The molecule has 1 aromatic carbocycles. The highest BCUT2D eigenvalue weighted by molar-refractivity contribution is 7.71. The zero-order valence-electron chi connectivity index (χ0n) is 11.3. The first kappa shape index (κ1) is 12.7. The zero-order chi connectivity index (χ0) is 13.2. The Morgan fingerprint density at radius 3 is 2.58 bits per heavy atom. The maximum absolute atomic E-state index is 5.49. The van der Waals surface area contributed by atoms with Crippen molar-refractivity contribution in [3.8, 4) is 11.3 Å². The summed E-state index contributed by atoms with van der Waals surface area (Å²) in [4.78, 5) is 3.22. The largest absolute Gasteiger partial charge is 0.337 e. The van der Waals surface area contributed by atoms with Crippen LogP contribution in [0, 0.1) is 10.7 Å². The first-order chi connectivity index (χ1) is 9.27. The van der Waals surface area contributed by atoms with Gasteiger partial charge in [-0.25, -0.2) is 0 Å². The molecule has 1 aliphatic rings. The number of hydrogen-bond acceptors (Lipinski definition) is 1. The van der Waals surface area contributed by atoms with Crippen LogP contribution < -0.4 is 0 Å². The van der Waals surface area contributed by atoms with Gasteiger partial charge in [0.1, 0.15) is 0 Å². The Hall–Kier alpha value is -1.35. The zero-order valence-corrected chi connectivity index (χ0v) is 12.1. The third-order valence-electron chi connectivity index (χ3n) is 4.37. The number of aromatic amines is 1.